The van der Waals surface area contributed by atoms with E-state index in [0.717, 1.165) is 23.2 Å². The number of anilines is 1. The first-order valence-electron chi connectivity index (χ1n) is 10.2. The largest absolute Gasteiger partial charge is 0.493 e. The number of carbonyl (C=O) groups excluding carboxylic acids is 2. The van der Waals surface area contributed by atoms with Gasteiger partial charge in [0, 0.05) is 5.56 Å². The summed E-state index contributed by atoms with van der Waals surface area (Å²) in [6.45, 7) is 5.75. The number of amides is 1. The molecule has 2 aromatic carbocycles. The summed E-state index contributed by atoms with van der Waals surface area (Å²) in [6.07, 6.45) is 2.50. The standard InChI is InChI=1S/C24H25NO5S2/c1-5-16-10-7-9-15(3)21(16)25-23(27)19(32-24(25)31)13-17-11-8-12-18(28-4)22(17)30-14-20(26)29-6-2/h7-13H,5-6,14H2,1-4H3/b19-13-. The second-order valence-corrected chi connectivity index (χ2v) is 8.60. The van der Waals surface area contributed by atoms with Crippen LogP contribution in [0.4, 0.5) is 5.69 Å². The minimum absolute atomic E-state index is 0.192. The van der Waals surface area contributed by atoms with Crippen LogP contribution >= 0.6 is 24.0 Å². The Morgan fingerprint density at radius 3 is 2.62 bits per heavy atom. The zero-order chi connectivity index (χ0) is 23.3. The van der Waals surface area contributed by atoms with E-state index in [1.807, 2.05) is 25.1 Å². The number of hydrogen-bond acceptors (Lipinski definition) is 7. The van der Waals surface area contributed by atoms with Crippen LogP contribution in [0, 0.1) is 6.92 Å². The molecule has 0 unspecified atom stereocenters. The first-order chi connectivity index (χ1) is 15.4. The molecule has 1 saturated heterocycles. The van der Waals surface area contributed by atoms with E-state index in [0.29, 0.717) is 26.3 Å². The fourth-order valence-corrected chi connectivity index (χ4v) is 4.68. The van der Waals surface area contributed by atoms with Crippen LogP contribution in [0.2, 0.25) is 0 Å². The van der Waals surface area contributed by atoms with Crippen molar-refractivity contribution in [2.45, 2.75) is 27.2 Å². The minimum Gasteiger partial charge on any atom is -0.493 e. The van der Waals surface area contributed by atoms with Crippen LogP contribution in [0.1, 0.15) is 30.5 Å². The van der Waals surface area contributed by atoms with Crippen molar-refractivity contribution in [2.24, 2.45) is 0 Å². The molecule has 0 aromatic heterocycles. The van der Waals surface area contributed by atoms with E-state index in [1.54, 1.807) is 36.1 Å². The van der Waals surface area contributed by atoms with Crippen molar-refractivity contribution in [3.8, 4) is 11.5 Å². The molecular weight excluding hydrogens is 446 g/mol. The summed E-state index contributed by atoms with van der Waals surface area (Å²) in [7, 11) is 1.51. The molecule has 3 rings (SSSR count). The first kappa shape index (κ1) is 23.8. The number of nitrogens with zero attached hydrogens (tertiary/aromatic N) is 1. The molecule has 168 valence electrons. The summed E-state index contributed by atoms with van der Waals surface area (Å²) >= 11 is 6.80. The van der Waals surface area contributed by atoms with E-state index in [-0.39, 0.29) is 19.1 Å². The average molecular weight is 472 g/mol. The highest BCUT2D eigenvalue weighted by atomic mass is 32.2. The second-order valence-electron chi connectivity index (χ2n) is 6.93. The molecule has 0 spiro atoms. The molecule has 6 nitrogen and oxygen atoms in total. The molecule has 8 heteroatoms. The van der Waals surface area contributed by atoms with Crippen LogP contribution in [0.15, 0.2) is 41.3 Å². The number of esters is 1. The van der Waals surface area contributed by atoms with Crippen molar-refractivity contribution in [1.29, 1.82) is 0 Å². The van der Waals surface area contributed by atoms with Crippen LogP contribution in [-0.4, -0.2) is 36.5 Å². The highest BCUT2D eigenvalue weighted by Crippen LogP contribution is 2.41. The molecule has 32 heavy (non-hydrogen) atoms. The van der Waals surface area contributed by atoms with Crippen molar-refractivity contribution in [3.05, 3.63) is 58.0 Å². The number of benzene rings is 2. The smallest absolute Gasteiger partial charge is 0.344 e. The summed E-state index contributed by atoms with van der Waals surface area (Å²) in [6, 6.07) is 11.3. The Morgan fingerprint density at radius 2 is 1.94 bits per heavy atom. The average Bonchev–Trinajstić information content (AvgIpc) is 3.05. The molecule has 1 amide bonds. The number of ether oxygens (including phenoxy) is 3. The summed E-state index contributed by atoms with van der Waals surface area (Å²) < 4.78 is 16.5. The highest BCUT2D eigenvalue weighted by Gasteiger charge is 2.35. The molecule has 0 radical (unpaired) electrons. The summed E-state index contributed by atoms with van der Waals surface area (Å²) in [5, 5.41) is 0. The minimum atomic E-state index is -0.484. The Balaban J connectivity index is 1.97. The molecule has 0 aliphatic carbocycles. The fraction of sp³-hybridized carbons (Fsp3) is 0.292. The first-order valence-corrected chi connectivity index (χ1v) is 11.5. The summed E-state index contributed by atoms with van der Waals surface area (Å²) in [5.41, 5.74) is 3.49. The van der Waals surface area contributed by atoms with Crippen molar-refractivity contribution < 1.29 is 23.8 Å². The molecular formula is C24H25NO5S2. The molecule has 0 atom stereocenters. The predicted octanol–water partition coefficient (Wildman–Crippen LogP) is 4.91. The van der Waals surface area contributed by atoms with E-state index < -0.39 is 5.97 Å². The Kier molecular flexibility index (Phi) is 7.93. The van der Waals surface area contributed by atoms with Crippen molar-refractivity contribution in [1.82, 2.24) is 0 Å². The maximum Gasteiger partial charge on any atom is 0.344 e. The fourth-order valence-electron chi connectivity index (χ4n) is 3.42. The van der Waals surface area contributed by atoms with Crippen LogP contribution in [-0.2, 0) is 20.7 Å². The number of thiocarbonyl (C=S) groups is 1. The van der Waals surface area contributed by atoms with E-state index in [4.69, 9.17) is 26.4 Å². The maximum absolute atomic E-state index is 13.4. The number of hydrogen-bond donors (Lipinski definition) is 0. The van der Waals surface area contributed by atoms with Gasteiger partial charge in [0.15, 0.2) is 22.4 Å². The predicted molar refractivity (Wildman–Crippen MR) is 131 cm³/mol. The van der Waals surface area contributed by atoms with Gasteiger partial charge in [-0.3, -0.25) is 9.69 Å². The number of methoxy groups -OCH3 is 1. The zero-order valence-electron chi connectivity index (χ0n) is 18.5. The van der Waals surface area contributed by atoms with Gasteiger partial charge in [0.1, 0.15) is 0 Å². The number of carbonyl (C=O) groups is 2. The van der Waals surface area contributed by atoms with Crippen molar-refractivity contribution in [3.63, 3.8) is 0 Å². The number of para-hydroxylation sites is 2. The van der Waals surface area contributed by atoms with Gasteiger partial charge < -0.3 is 14.2 Å². The van der Waals surface area contributed by atoms with Gasteiger partial charge in [-0.25, -0.2) is 4.79 Å². The molecule has 0 saturated carbocycles. The molecule has 1 fully saturated rings. The number of thioether (sulfide) groups is 1. The SMILES string of the molecule is CCOC(=O)COc1c(/C=C2\SC(=S)N(c3c(C)cccc3CC)C2=O)cccc1OC. The molecule has 2 aromatic rings. The summed E-state index contributed by atoms with van der Waals surface area (Å²) in [4.78, 5) is 27.2. The van der Waals surface area contributed by atoms with Gasteiger partial charge >= 0.3 is 5.97 Å². The Morgan fingerprint density at radius 1 is 1.19 bits per heavy atom. The van der Waals surface area contributed by atoms with E-state index >= 15 is 0 Å². The normalized spacial score (nSPS) is 14.8. The monoisotopic (exact) mass is 471 g/mol. The molecule has 0 N–H and O–H groups in total. The van der Waals surface area contributed by atoms with E-state index in [1.165, 1.54) is 18.9 Å². The van der Waals surface area contributed by atoms with Crippen molar-refractivity contribution in [2.75, 3.05) is 25.2 Å². The Hall–Kier alpha value is -2.84. The third-order valence-corrected chi connectivity index (χ3v) is 6.18. The maximum atomic E-state index is 13.4. The third-order valence-electron chi connectivity index (χ3n) is 4.88. The Bertz CT molecular complexity index is 1080. The number of rotatable bonds is 8. The van der Waals surface area contributed by atoms with Gasteiger partial charge in [0.2, 0.25) is 0 Å². The quantitative estimate of drug-likeness (QED) is 0.308. The molecule has 1 aliphatic heterocycles. The third kappa shape index (κ3) is 4.97. The lowest BCUT2D eigenvalue weighted by Gasteiger charge is -2.20. The lowest BCUT2D eigenvalue weighted by atomic mass is 10.0. The van der Waals surface area contributed by atoms with E-state index in [9.17, 15) is 9.59 Å². The molecule has 1 heterocycles. The van der Waals surface area contributed by atoms with Gasteiger partial charge in [-0.2, -0.15) is 0 Å². The van der Waals surface area contributed by atoms with Gasteiger partial charge in [-0.05, 0) is 43.5 Å². The van der Waals surface area contributed by atoms with Crippen molar-refractivity contribution >= 4 is 51.9 Å². The van der Waals surface area contributed by atoms with Crippen LogP contribution in [0.5, 0.6) is 11.5 Å². The highest BCUT2D eigenvalue weighted by molar-refractivity contribution is 8.27. The van der Waals surface area contributed by atoms with Gasteiger partial charge in [0.25, 0.3) is 5.91 Å². The van der Waals surface area contributed by atoms with Gasteiger partial charge in [-0.1, -0.05) is 61.2 Å². The molecule has 1 aliphatic rings. The number of aryl methyl sites for hydroxylation is 2. The van der Waals surface area contributed by atoms with E-state index in [2.05, 4.69) is 6.92 Å². The van der Waals surface area contributed by atoms with Crippen LogP contribution in [0.3, 0.4) is 0 Å². The van der Waals surface area contributed by atoms with Gasteiger partial charge in [-0.15, -0.1) is 0 Å². The Labute approximate surface area is 197 Å². The molecule has 0 bridgehead atoms. The lowest BCUT2D eigenvalue weighted by Crippen LogP contribution is -2.29. The second kappa shape index (κ2) is 10.7. The topological polar surface area (TPSA) is 65.1 Å². The van der Waals surface area contributed by atoms with Crippen LogP contribution < -0.4 is 14.4 Å². The lowest BCUT2D eigenvalue weighted by molar-refractivity contribution is -0.145. The summed E-state index contributed by atoms with van der Waals surface area (Å²) in [5.74, 6) is 0.134. The van der Waals surface area contributed by atoms with Gasteiger partial charge in [0.05, 0.1) is 24.3 Å². The zero-order valence-corrected chi connectivity index (χ0v) is 20.1. The van der Waals surface area contributed by atoms with Crippen LogP contribution in [0.25, 0.3) is 6.08 Å².